The molecule has 16 heteroatoms. The first kappa shape index (κ1) is 39.2. The number of carbonyl (C=O) groups is 5. The van der Waals surface area contributed by atoms with Crippen LogP contribution >= 0.6 is 0 Å². The minimum Gasteiger partial charge on any atom is -0.492 e. The molecule has 4 atom stereocenters. The summed E-state index contributed by atoms with van der Waals surface area (Å²) in [4.78, 5) is 67.8. The van der Waals surface area contributed by atoms with E-state index in [-0.39, 0.29) is 58.7 Å². The summed E-state index contributed by atoms with van der Waals surface area (Å²) < 4.78 is 12.0. The summed E-state index contributed by atoms with van der Waals surface area (Å²) in [6, 6.07) is 7.25. The number of amides is 5. The molecule has 4 bridgehead atoms. The van der Waals surface area contributed by atoms with Gasteiger partial charge in [0.2, 0.25) is 29.5 Å². The number of nitrogens with zero attached hydrogens (tertiary/aromatic N) is 2. The number of fused-ring (bicyclic) bond motifs is 5. The topological polar surface area (TPSA) is 251 Å². The quantitative estimate of drug-likeness (QED) is 0.118. The Morgan fingerprint density at radius 2 is 1.68 bits per heavy atom. The molecule has 1 aliphatic heterocycles. The lowest BCUT2D eigenvalue weighted by atomic mass is 9.93. The van der Waals surface area contributed by atoms with E-state index in [1.165, 1.54) is 25.8 Å². The van der Waals surface area contributed by atoms with Crippen LogP contribution in [0.15, 0.2) is 36.4 Å². The van der Waals surface area contributed by atoms with Gasteiger partial charge in [0.1, 0.15) is 55.4 Å². The molecule has 16 nitrogen and oxygen atoms in total. The summed E-state index contributed by atoms with van der Waals surface area (Å²) in [5.41, 5.74) is 13.4. The minimum atomic E-state index is -1.33. The molecule has 0 saturated carbocycles. The van der Waals surface area contributed by atoms with Crippen LogP contribution in [0.4, 0.5) is 0 Å². The molecule has 1 aliphatic rings. The van der Waals surface area contributed by atoms with Crippen LogP contribution in [0.3, 0.4) is 0 Å². The lowest BCUT2D eigenvalue weighted by Gasteiger charge is -2.32. The molecule has 0 aromatic heterocycles. The van der Waals surface area contributed by atoms with Crippen LogP contribution < -0.4 is 42.2 Å². The zero-order valence-electron chi connectivity index (χ0n) is 28.5. The summed E-state index contributed by atoms with van der Waals surface area (Å²) >= 11 is 0. The molecule has 2 aromatic carbocycles. The molecule has 3 rings (SSSR count). The van der Waals surface area contributed by atoms with Gasteiger partial charge in [-0.25, -0.2) is 0 Å². The average Bonchev–Trinajstić information content (AvgIpc) is 3.09. The van der Waals surface area contributed by atoms with E-state index in [0.717, 1.165) is 0 Å². The fourth-order valence-electron chi connectivity index (χ4n) is 5.50. The third kappa shape index (κ3) is 10.4. The van der Waals surface area contributed by atoms with Gasteiger partial charge in [0, 0.05) is 51.2 Å². The highest BCUT2D eigenvalue weighted by atomic mass is 16.5. The van der Waals surface area contributed by atoms with Crippen LogP contribution in [0, 0.1) is 11.3 Å². The highest BCUT2D eigenvalue weighted by Crippen LogP contribution is 2.40. The van der Waals surface area contributed by atoms with Crippen LogP contribution in [-0.4, -0.2) is 104 Å². The predicted molar refractivity (Wildman–Crippen MR) is 182 cm³/mol. The molecule has 5 amide bonds. The summed E-state index contributed by atoms with van der Waals surface area (Å²) in [5.74, 6) is -2.32. The first-order valence-corrected chi connectivity index (χ1v) is 16.3. The molecule has 0 saturated heterocycles. The van der Waals surface area contributed by atoms with Gasteiger partial charge in [0.25, 0.3) is 0 Å². The number of aliphatic hydroxyl groups is 1. The number of nitrogens with one attached hydrogen (secondary N) is 4. The predicted octanol–water partition coefficient (Wildman–Crippen LogP) is -1.01. The van der Waals surface area contributed by atoms with Gasteiger partial charge in [-0.15, -0.1) is 0 Å². The maximum Gasteiger partial charge on any atom is 0.248 e. The fraction of sp³-hybridized carbons (Fsp3) is 0.471. The number of nitriles is 1. The molecular weight excluding hydrogens is 648 g/mol. The lowest BCUT2D eigenvalue weighted by molar-refractivity contribution is -0.143. The summed E-state index contributed by atoms with van der Waals surface area (Å²) in [6.45, 7) is 2.91. The Morgan fingerprint density at radius 3 is 2.28 bits per heavy atom. The van der Waals surface area contributed by atoms with Crippen molar-refractivity contribution in [3.05, 3.63) is 47.5 Å². The number of nitrogens with two attached hydrogens (primary N) is 2. The average molecular weight is 695 g/mol. The molecule has 0 unspecified atom stereocenters. The molecule has 0 radical (unpaired) electrons. The van der Waals surface area contributed by atoms with Gasteiger partial charge >= 0.3 is 0 Å². The third-order valence-electron chi connectivity index (χ3n) is 7.88. The first-order valence-electron chi connectivity index (χ1n) is 16.3. The zero-order chi connectivity index (χ0) is 36.8. The highest BCUT2D eigenvalue weighted by molar-refractivity contribution is 5.96. The normalized spacial score (nSPS) is 17.9. The molecule has 0 fully saturated rings. The number of hydrogen-bond acceptors (Lipinski definition) is 11. The van der Waals surface area contributed by atoms with Crippen molar-refractivity contribution in [2.75, 3.05) is 46.5 Å². The first-order chi connectivity index (χ1) is 23.9. The molecule has 2 aromatic rings. The highest BCUT2D eigenvalue weighted by Gasteiger charge is 2.35. The molecule has 0 spiro atoms. The Bertz CT molecular complexity index is 1580. The van der Waals surface area contributed by atoms with E-state index in [1.54, 1.807) is 36.4 Å². The second-order valence-corrected chi connectivity index (χ2v) is 11.7. The van der Waals surface area contributed by atoms with E-state index in [1.807, 2.05) is 6.07 Å². The number of benzene rings is 2. The van der Waals surface area contributed by atoms with Gasteiger partial charge in [-0.2, -0.15) is 5.26 Å². The van der Waals surface area contributed by atoms with Crippen molar-refractivity contribution in [3.8, 4) is 28.7 Å². The van der Waals surface area contributed by atoms with Crippen LogP contribution in [0.5, 0.6) is 11.5 Å². The van der Waals surface area contributed by atoms with Crippen LogP contribution in [0.25, 0.3) is 11.1 Å². The van der Waals surface area contributed by atoms with Crippen molar-refractivity contribution in [2.45, 2.75) is 57.3 Å². The van der Waals surface area contributed by atoms with Crippen molar-refractivity contribution >= 4 is 29.5 Å². The fourth-order valence-corrected chi connectivity index (χ4v) is 5.50. The van der Waals surface area contributed by atoms with Crippen molar-refractivity contribution in [3.63, 3.8) is 0 Å². The van der Waals surface area contributed by atoms with E-state index < -0.39 is 53.7 Å². The van der Waals surface area contributed by atoms with Gasteiger partial charge in [-0.05, 0) is 55.2 Å². The number of carbonyl (C=O) groups excluding carboxylic acids is 5. The monoisotopic (exact) mass is 694 g/mol. The Balaban J connectivity index is 2.30. The molecule has 9 N–H and O–H groups in total. The second kappa shape index (κ2) is 19.1. The number of hydrogen-bond donors (Lipinski definition) is 7. The number of rotatable bonds is 14. The van der Waals surface area contributed by atoms with Gasteiger partial charge in [0.15, 0.2) is 0 Å². The number of likely N-dealkylation sites (N-methyl/N-ethyl adjacent to an activating group) is 1. The van der Waals surface area contributed by atoms with Crippen molar-refractivity contribution in [1.29, 1.82) is 5.26 Å². The van der Waals surface area contributed by atoms with Crippen LogP contribution in [0.2, 0.25) is 0 Å². The number of aliphatic hydroxyl groups excluding tert-OH is 1. The van der Waals surface area contributed by atoms with Crippen LogP contribution in [0.1, 0.15) is 43.9 Å². The maximum absolute atomic E-state index is 14.1. The lowest BCUT2D eigenvalue weighted by Crippen LogP contribution is -2.55. The van der Waals surface area contributed by atoms with E-state index >= 15 is 0 Å². The molecule has 0 aliphatic carbocycles. The third-order valence-corrected chi connectivity index (χ3v) is 7.88. The van der Waals surface area contributed by atoms with Gasteiger partial charge in [-0.1, -0.05) is 12.1 Å². The van der Waals surface area contributed by atoms with Gasteiger partial charge < -0.3 is 52.2 Å². The number of ether oxygens (including phenoxy) is 2. The smallest absolute Gasteiger partial charge is 0.248 e. The molecule has 270 valence electrons. The largest absolute Gasteiger partial charge is 0.492 e. The maximum atomic E-state index is 14.1. The standard InChI is InChI=1S/C34H46N8O8/c1-20-31(45)41-27(32(46)38-13-10-35)18-22-6-8-28(49-15-11-36)24(17-22)25-19-23(7-9-29(25)50-16-12-37)30(33(47)39-20)42(3)34(48)26(5-4-14-43)40-21(2)44/h6-9,17,19-20,26-27,30,43H,4-5,11-16,18,36-37H2,1-3H3,(H,38,46)(H,39,47)(H,40,44)(H,41,45)/t20-,26-,27-,30-/m0/s1. The Labute approximate surface area is 290 Å². The molecular formula is C34H46N8O8. The van der Waals surface area contributed by atoms with E-state index in [4.69, 9.17) is 26.2 Å². The second-order valence-electron chi connectivity index (χ2n) is 11.7. The Morgan fingerprint density at radius 1 is 1.04 bits per heavy atom. The molecule has 50 heavy (non-hydrogen) atoms. The van der Waals surface area contributed by atoms with Crippen LogP contribution in [-0.2, 0) is 30.4 Å². The van der Waals surface area contributed by atoms with Crippen molar-refractivity contribution in [1.82, 2.24) is 26.2 Å². The van der Waals surface area contributed by atoms with Crippen molar-refractivity contribution in [2.24, 2.45) is 11.5 Å². The Kier molecular flexibility index (Phi) is 15.0. The zero-order valence-corrected chi connectivity index (χ0v) is 28.5. The summed E-state index contributed by atoms with van der Waals surface area (Å²) in [7, 11) is 1.40. The SMILES string of the molecule is CC(=O)N[C@@H](CCCO)C(=O)N(C)[C@@H]1C(=O)N[C@@H](C)C(=O)N[C@H](C(=O)NCC#N)Cc2ccc(OCCN)c(c2)-c2cc1ccc2OCCN. The molecule has 1 heterocycles. The minimum absolute atomic E-state index is 0.0186. The summed E-state index contributed by atoms with van der Waals surface area (Å²) in [6.07, 6.45) is 0.332. The van der Waals surface area contributed by atoms with E-state index in [0.29, 0.717) is 33.8 Å². The van der Waals surface area contributed by atoms with Crippen molar-refractivity contribution < 1.29 is 38.6 Å². The Hall–Kier alpha value is -5.24. The van der Waals surface area contributed by atoms with Gasteiger partial charge in [-0.3, -0.25) is 24.0 Å². The van der Waals surface area contributed by atoms with E-state index in [2.05, 4.69) is 21.3 Å². The van der Waals surface area contributed by atoms with Gasteiger partial charge in [0.05, 0.1) is 6.07 Å². The summed E-state index contributed by atoms with van der Waals surface area (Å²) in [5, 5.41) is 28.9. The van der Waals surface area contributed by atoms with E-state index in [9.17, 15) is 29.1 Å².